The minimum absolute atomic E-state index is 0. The van der Waals surface area contributed by atoms with Crippen LogP contribution in [0.15, 0.2) is 30.6 Å². The van der Waals surface area contributed by atoms with E-state index >= 15 is 0 Å². The number of nitrogens with zero attached hydrogens (tertiary/aromatic N) is 4. The Labute approximate surface area is 141 Å². The Morgan fingerprint density at radius 2 is 1.83 bits per heavy atom. The molecule has 1 aromatic carbocycles. The van der Waals surface area contributed by atoms with E-state index in [4.69, 9.17) is 0 Å². The summed E-state index contributed by atoms with van der Waals surface area (Å²) >= 11 is 0. The second-order valence-electron chi connectivity index (χ2n) is 6.23. The molecule has 2 atom stereocenters. The Morgan fingerprint density at radius 1 is 1.17 bits per heavy atom. The molecule has 2 unspecified atom stereocenters. The highest BCUT2D eigenvalue weighted by atomic mass is 35.5. The molecule has 2 aliphatic rings. The predicted molar refractivity (Wildman–Crippen MR) is 89.1 cm³/mol. The average Bonchev–Trinajstić information content (AvgIpc) is 3.22. The topological polar surface area (TPSA) is 63.1 Å². The molecule has 0 bridgehead atoms. The van der Waals surface area contributed by atoms with Crippen molar-refractivity contribution in [2.75, 3.05) is 26.2 Å². The van der Waals surface area contributed by atoms with E-state index in [-0.39, 0.29) is 18.3 Å². The van der Waals surface area contributed by atoms with Gasteiger partial charge in [0.25, 0.3) is 5.91 Å². The first kappa shape index (κ1) is 16.0. The van der Waals surface area contributed by atoms with Crippen LogP contribution < -0.4 is 5.32 Å². The van der Waals surface area contributed by atoms with Gasteiger partial charge in [-0.25, -0.2) is 0 Å². The van der Waals surface area contributed by atoms with Gasteiger partial charge in [-0.15, -0.1) is 12.4 Å². The number of hydrogen-bond acceptors (Lipinski definition) is 4. The van der Waals surface area contributed by atoms with E-state index < -0.39 is 0 Å². The van der Waals surface area contributed by atoms with Crippen LogP contribution in [-0.4, -0.2) is 52.0 Å². The molecular weight excluding hydrogens is 314 g/mol. The maximum atomic E-state index is 13.0. The number of amides is 1. The molecule has 6 nitrogen and oxygen atoms in total. The number of halogens is 1. The van der Waals surface area contributed by atoms with Gasteiger partial charge in [0.15, 0.2) is 0 Å². The first-order valence-corrected chi connectivity index (χ1v) is 7.69. The van der Waals surface area contributed by atoms with Crippen LogP contribution in [0, 0.1) is 18.8 Å². The lowest BCUT2D eigenvalue weighted by atomic mass is 10.0. The quantitative estimate of drug-likeness (QED) is 0.899. The van der Waals surface area contributed by atoms with Gasteiger partial charge in [0.1, 0.15) is 0 Å². The second kappa shape index (κ2) is 6.29. The lowest BCUT2D eigenvalue weighted by Crippen LogP contribution is -2.32. The van der Waals surface area contributed by atoms with Crippen LogP contribution in [-0.2, 0) is 0 Å². The Kier molecular flexibility index (Phi) is 4.37. The summed E-state index contributed by atoms with van der Waals surface area (Å²) in [6.45, 7) is 5.73. The Hall–Kier alpha value is -1.92. The summed E-state index contributed by atoms with van der Waals surface area (Å²) in [5, 5.41) is 11.7. The molecular formula is C16H20ClN5O. The molecule has 2 aromatic rings. The zero-order valence-corrected chi connectivity index (χ0v) is 13.8. The van der Waals surface area contributed by atoms with E-state index in [1.54, 1.807) is 12.4 Å². The van der Waals surface area contributed by atoms with Gasteiger partial charge in [-0.05, 0) is 30.9 Å². The predicted octanol–water partition coefficient (Wildman–Crippen LogP) is 1.29. The van der Waals surface area contributed by atoms with Crippen molar-refractivity contribution in [3.63, 3.8) is 0 Å². The molecule has 7 heteroatoms. The molecule has 0 radical (unpaired) electrons. The summed E-state index contributed by atoms with van der Waals surface area (Å²) in [5.74, 6) is 1.28. The Morgan fingerprint density at radius 3 is 2.48 bits per heavy atom. The summed E-state index contributed by atoms with van der Waals surface area (Å²) < 4.78 is 0. The van der Waals surface area contributed by atoms with E-state index in [9.17, 15) is 4.79 Å². The van der Waals surface area contributed by atoms with Gasteiger partial charge in [0.2, 0.25) is 0 Å². The normalized spacial score (nSPS) is 22.7. The Bertz CT molecular complexity index is 691. The van der Waals surface area contributed by atoms with Crippen molar-refractivity contribution in [2.45, 2.75) is 6.92 Å². The van der Waals surface area contributed by atoms with Gasteiger partial charge >= 0.3 is 0 Å². The molecule has 3 heterocycles. The fourth-order valence-electron chi connectivity index (χ4n) is 3.53. The SMILES string of the molecule is Cc1ccc(-n2nccn2)c(C(=O)N2CC3CNCC3C2)c1.Cl. The van der Waals surface area contributed by atoms with E-state index in [2.05, 4.69) is 15.5 Å². The van der Waals surface area contributed by atoms with Crippen molar-refractivity contribution in [1.29, 1.82) is 0 Å². The average molecular weight is 334 g/mol. The van der Waals surface area contributed by atoms with Gasteiger partial charge in [-0.3, -0.25) is 4.79 Å². The van der Waals surface area contributed by atoms with Crippen LogP contribution in [0.3, 0.4) is 0 Å². The van der Waals surface area contributed by atoms with E-state index in [0.29, 0.717) is 17.4 Å². The van der Waals surface area contributed by atoms with Gasteiger partial charge in [0.05, 0.1) is 23.6 Å². The standard InChI is InChI=1S/C16H19N5O.ClH/c1-11-2-3-15(21-18-4-5-19-21)14(6-11)16(22)20-9-12-7-17-8-13(12)10-20;/h2-6,12-13,17H,7-10H2,1H3;1H. The number of carbonyl (C=O) groups is 1. The van der Waals surface area contributed by atoms with Crippen molar-refractivity contribution in [3.8, 4) is 5.69 Å². The summed E-state index contributed by atoms with van der Waals surface area (Å²) in [6, 6.07) is 5.84. The van der Waals surface area contributed by atoms with Crippen LogP contribution >= 0.6 is 12.4 Å². The number of fused-ring (bicyclic) bond motifs is 1. The minimum atomic E-state index is 0. The minimum Gasteiger partial charge on any atom is -0.338 e. The van der Waals surface area contributed by atoms with E-state index in [0.717, 1.165) is 37.4 Å². The summed E-state index contributed by atoms with van der Waals surface area (Å²) in [5.41, 5.74) is 2.50. The molecule has 23 heavy (non-hydrogen) atoms. The zero-order valence-electron chi connectivity index (χ0n) is 13.0. The van der Waals surface area contributed by atoms with E-state index in [1.807, 2.05) is 30.0 Å². The number of rotatable bonds is 2. The molecule has 1 aromatic heterocycles. The number of likely N-dealkylation sites (tertiary alicyclic amines) is 1. The third-order valence-corrected chi connectivity index (χ3v) is 4.69. The van der Waals surface area contributed by atoms with Gasteiger partial charge in [-0.2, -0.15) is 15.0 Å². The van der Waals surface area contributed by atoms with Gasteiger partial charge < -0.3 is 10.2 Å². The molecule has 1 N–H and O–H groups in total. The highest BCUT2D eigenvalue weighted by Gasteiger charge is 2.38. The highest BCUT2D eigenvalue weighted by Crippen LogP contribution is 2.28. The van der Waals surface area contributed by atoms with Crippen molar-refractivity contribution in [2.24, 2.45) is 11.8 Å². The summed E-state index contributed by atoms with van der Waals surface area (Å²) in [4.78, 5) is 16.5. The smallest absolute Gasteiger partial charge is 0.256 e. The van der Waals surface area contributed by atoms with Crippen molar-refractivity contribution >= 4 is 18.3 Å². The van der Waals surface area contributed by atoms with Gasteiger partial charge in [0, 0.05) is 26.2 Å². The number of carbonyl (C=O) groups excluding carboxylic acids is 1. The fourth-order valence-corrected chi connectivity index (χ4v) is 3.53. The van der Waals surface area contributed by atoms with Crippen molar-refractivity contribution in [1.82, 2.24) is 25.2 Å². The molecule has 122 valence electrons. The number of aromatic nitrogens is 3. The Balaban J connectivity index is 0.00000156. The molecule has 0 aliphatic carbocycles. The van der Waals surface area contributed by atoms with Gasteiger partial charge in [-0.1, -0.05) is 11.6 Å². The molecule has 2 saturated heterocycles. The van der Waals surface area contributed by atoms with Crippen molar-refractivity contribution < 1.29 is 4.79 Å². The number of hydrogen-bond donors (Lipinski definition) is 1. The zero-order chi connectivity index (χ0) is 15.1. The third kappa shape index (κ3) is 2.84. The number of benzene rings is 1. The monoisotopic (exact) mass is 333 g/mol. The fraction of sp³-hybridized carbons (Fsp3) is 0.438. The number of aryl methyl sites for hydroxylation is 1. The molecule has 0 saturated carbocycles. The molecule has 2 aliphatic heterocycles. The first-order valence-electron chi connectivity index (χ1n) is 7.69. The maximum Gasteiger partial charge on any atom is 0.256 e. The largest absolute Gasteiger partial charge is 0.338 e. The first-order chi connectivity index (χ1) is 10.7. The van der Waals surface area contributed by atoms with Crippen LogP contribution in [0.1, 0.15) is 15.9 Å². The molecule has 2 fully saturated rings. The van der Waals surface area contributed by atoms with Crippen LogP contribution in [0.25, 0.3) is 5.69 Å². The lowest BCUT2D eigenvalue weighted by Gasteiger charge is -2.19. The second-order valence-corrected chi connectivity index (χ2v) is 6.23. The molecule has 0 spiro atoms. The highest BCUT2D eigenvalue weighted by molar-refractivity contribution is 5.98. The van der Waals surface area contributed by atoms with E-state index in [1.165, 1.54) is 4.80 Å². The summed E-state index contributed by atoms with van der Waals surface area (Å²) in [6.07, 6.45) is 3.25. The summed E-state index contributed by atoms with van der Waals surface area (Å²) in [7, 11) is 0. The third-order valence-electron chi connectivity index (χ3n) is 4.69. The van der Waals surface area contributed by atoms with Crippen molar-refractivity contribution in [3.05, 3.63) is 41.7 Å². The van der Waals surface area contributed by atoms with Crippen LogP contribution in [0.4, 0.5) is 0 Å². The lowest BCUT2D eigenvalue weighted by molar-refractivity contribution is 0.0781. The molecule has 4 rings (SSSR count). The van der Waals surface area contributed by atoms with Crippen LogP contribution in [0.2, 0.25) is 0 Å². The molecule has 1 amide bonds. The maximum absolute atomic E-state index is 13.0. The number of nitrogens with one attached hydrogen (secondary N) is 1. The van der Waals surface area contributed by atoms with Crippen LogP contribution in [0.5, 0.6) is 0 Å².